The Labute approximate surface area is 110 Å². The van der Waals surface area contributed by atoms with Crippen molar-refractivity contribution in [1.82, 2.24) is 0 Å². The van der Waals surface area contributed by atoms with Gasteiger partial charge in [0.25, 0.3) is 11.4 Å². The average Bonchev–Trinajstić information content (AvgIpc) is 2.39. The van der Waals surface area contributed by atoms with Gasteiger partial charge in [-0.25, -0.2) is 0 Å². The van der Waals surface area contributed by atoms with Crippen molar-refractivity contribution in [3.63, 3.8) is 0 Å². The van der Waals surface area contributed by atoms with E-state index in [1.807, 2.05) is 0 Å². The summed E-state index contributed by atoms with van der Waals surface area (Å²) in [7, 11) is -0.123. The molecule has 0 N–H and O–H groups in total. The summed E-state index contributed by atoms with van der Waals surface area (Å²) in [6.07, 6.45) is 0. The van der Waals surface area contributed by atoms with Crippen molar-refractivity contribution in [3.8, 4) is 0 Å². The summed E-state index contributed by atoms with van der Waals surface area (Å²) in [6, 6.07) is 12.6. The Balaban J connectivity index is 2.42. The molecule has 0 radical (unpaired) electrons. The van der Waals surface area contributed by atoms with E-state index in [9.17, 15) is 20.2 Å². The lowest BCUT2D eigenvalue weighted by Crippen LogP contribution is -2.11. The number of hydrogen-bond acceptors (Lipinski definition) is 4. The zero-order valence-corrected chi connectivity index (χ0v) is 10.6. The molecule has 19 heavy (non-hydrogen) atoms. The third-order valence-corrected chi connectivity index (χ3v) is 3.86. The molecule has 0 spiro atoms. The summed E-state index contributed by atoms with van der Waals surface area (Å²) in [5.74, 6) is 0. The van der Waals surface area contributed by atoms with Crippen LogP contribution in [0.4, 0.5) is 11.4 Å². The Morgan fingerprint density at radius 3 is 1.47 bits per heavy atom. The maximum atomic E-state index is 10.9. The molecule has 2 aromatic carbocycles. The molecule has 0 heterocycles. The molecular weight excluding hydrogens is 267 g/mol. The molecule has 0 atom stereocenters. The first-order valence-corrected chi connectivity index (χ1v) is 6.33. The van der Waals surface area contributed by atoms with Gasteiger partial charge in [0.05, 0.1) is 20.5 Å². The van der Waals surface area contributed by atoms with E-state index in [1.165, 1.54) is 12.1 Å². The van der Waals surface area contributed by atoms with E-state index >= 15 is 0 Å². The number of para-hydroxylation sites is 2. The molecule has 7 heteroatoms. The van der Waals surface area contributed by atoms with Gasteiger partial charge in [-0.2, -0.15) is 0 Å². The van der Waals surface area contributed by atoms with E-state index in [4.69, 9.17) is 0 Å². The monoisotopic (exact) mass is 276 g/mol. The topological polar surface area (TPSA) is 86.3 Å². The molecule has 0 saturated heterocycles. The molecule has 96 valence electrons. The fourth-order valence-corrected chi connectivity index (χ4v) is 2.88. The van der Waals surface area contributed by atoms with Gasteiger partial charge in [0.15, 0.2) is 0 Å². The van der Waals surface area contributed by atoms with Crippen molar-refractivity contribution in [2.75, 3.05) is 0 Å². The minimum Gasteiger partial charge on any atom is -0.258 e. The van der Waals surface area contributed by atoms with Crippen LogP contribution in [0.2, 0.25) is 0 Å². The van der Waals surface area contributed by atoms with E-state index < -0.39 is 9.85 Å². The first-order chi connectivity index (χ1) is 9.09. The fraction of sp³-hybridized carbons (Fsp3) is 0. The quantitative estimate of drug-likeness (QED) is 0.486. The number of benzene rings is 2. The van der Waals surface area contributed by atoms with Crippen LogP contribution in [0.25, 0.3) is 0 Å². The molecule has 2 rings (SSSR count). The summed E-state index contributed by atoms with van der Waals surface area (Å²) < 4.78 is 0. The highest BCUT2D eigenvalue weighted by atomic mass is 31.1. The van der Waals surface area contributed by atoms with Crippen LogP contribution in [0.15, 0.2) is 48.5 Å². The first-order valence-electron chi connectivity index (χ1n) is 5.33. The Bertz CT molecular complexity index is 590. The lowest BCUT2D eigenvalue weighted by molar-refractivity contribution is -0.383. The van der Waals surface area contributed by atoms with Crippen LogP contribution in [-0.2, 0) is 0 Å². The Hall–Kier alpha value is -2.33. The van der Waals surface area contributed by atoms with E-state index in [0.717, 1.165) is 0 Å². The van der Waals surface area contributed by atoms with Gasteiger partial charge in [-0.15, -0.1) is 0 Å². The summed E-state index contributed by atoms with van der Waals surface area (Å²) >= 11 is 0. The molecule has 0 amide bonds. The van der Waals surface area contributed by atoms with Crippen molar-refractivity contribution in [2.24, 2.45) is 0 Å². The predicted molar refractivity (Wildman–Crippen MR) is 73.8 cm³/mol. The predicted octanol–water partition coefficient (Wildman–Crippen LogP) is 2.13. The fourth-order valence-electron chi connectivity index (χ4n) is 1.62. The summed E-state index contributed by atoms with van der Waals surface area (Å²) in [6.45, 7) is 0. The molecular formula is C12H9N2O4P. The maximum Gasteiger partial charge on any atom is 0.277 e. The molecule has 0 saturated carbocycles. The second kappa shape index (κ2) is 5.54. The highest BCUT2D eigenvalue weighted by Crippen LogP contribution is 2.23. The number of hydrogen-bond donors (Lipinski definition) is 0. The molecule has 0 unspecified atom stereocenters. The van der Waals surface area contributed by atoms with Crippen molar-refractivity contribution >= 4 is 30.6 Å². The van der Waals surface area contributed by atoms with Gasteiger partial charge >= 0.3 is 0 Å². The number of nitro groups is 2. The molecule has 0 bridgehead atoms. The highest BCUT2D eigenvalue weighted by molar-refractivity contribution is 7.56. The van der Waals surface area contributed by atoms with E-state index in [2.05, 4.69) is 0 Å². The van der Waals surface area contributed by atoms with Gasteiger partial charge in [-0.3, -0.25) is 20.2 Å². The van der Waals surface area contributed by atoms with Crippen LogP contribution in [-0.4, -0.2) is 9.85 Å². The Morgan fingerprint density at radius 2 is 1.11 bits per heavy atom. The lowest BCUT2D eigenvalue weighted by atomic mass is 10.3. The molecule has 6 nitrogen and oxygen atoms in total. The molecule has 0 aliphatic carbocycles. The number of nitro benzene ring substituents is 2. The zero-order chi connectivity index (χ0) is 13.8. The van der Waals surface area contributed by atoms with Crippen molar-refractivity contribution in [1.29, 1.82) is 0 Å². The van der Waals surface area contributed by atoms with Gasteiger partial charge in [-0.1, -0.05) is 24.3 Å². The average molecular weight is 276 g/mol. The van der Waals surface area contributed by atoms with Crippen LogP contribution in [0.1, 0.15) is 0 Å². The Morgan fingerprint density at radius 1 is 0.737 bits per heavy atom. The normalized spacial score (nSPS) is 10.1. The van der Waals surface area contributed by atoms with Crippen LogP contribution in [0, 0.1) is 20.2 Å². The molecule has 0 aliphatic rings. The van der Waals surface area contributed by atoms with E-state index in [-0.39, 0.29) is 20.0 Å². The number of rotatable bonds is 4. The van der Waals surface area contributed by atoms with Gasteiger partial charge < -0.3 is 0 Å². The minimum absolute atomic E-state index is 0.0148. The summed E-state index contributed by atoms with van der Waals surface area (Å²) in [5.41, 5.74) is -0.0297. The molecule has 0 aromatic heterocycles. The van der Waals surface area contributed by atoms with E-state index in [0.29, 0.717) is 10.6 Å². The Kier molecular flexibility index (Phi) is 3.82. The standard InChI is InChI=1S/C12H9N2O4P/c15-13(16)9-5-1-3-7-11(9)19-12-8-4-2-6-10(12)14(17)18/h1-8,19H. The maximum absolute atomic E-state index is 10.9. The minimum atomic E-state index is -0.475. The molecule has 2 aromatic rings. The first kappa shape index (κ1) is 13.1. The van der Waals surface area contributed by atoms with Crippen LogP contribution in [0.3, 0.4) is 0 Å². The van der Waals surface area contributed by atoms with Gasteiger partial charge in [0.2, 0.25) is 0 Å². The lowest BCUT2D eigenvalue weighted by Gasteiger charge is -2.04. The second-order valence-electron chi connectivity index (χ2n) is 3.67. The zero-order valence-electron chi connectivity index (χ0n) is 9.65. The SMILES string of the molecule is O=[N+]([O-])c1ccccc1Pc1ccccc1[N+](=O)[O-]. The highest BCUT2D eigenvalue weighted by Gasteiger charge is 2.18. The van der Waals surface area contributed by atoms with Crippen LogP contribution in [0.5, 0.6) is 0 Å². The third-order valence-electron chi connectivity index (χ3n) is 2.47. The van der Waals surface area contributed by atoms with Crippen molar-refractivity contribution < 1.29 is 9.85 Å². The van der Waals surface area contributed by atoms with Crippen LogP contribution < -0.4 is 10.6 Å². The number of nitrogens with zero attached hydrogens (tertiary/aromatic N) is 2. The smallest absolute Gasteiger partial charge is 0.258 e. The van der Waals surface area contributed by atoms with Crippen LogP contribution >= 0.6 is 8.58 Å². The van der Waals surface area contributed by atoms with Gasteiger partial charge in [0, 0.05) is 12.1 Å². The van der Waals surface area contributed by atoms with Gasteiger partial charge in [0.1, 0.15) is 0 Å². The van der Waals surface area contributed by atoms with E-state index in [1.54, 1.807) is 36.4 Å². The summed E-state index contributed by atoms with van der Waals surface area (Å²) in [5, 5.41) is 22.8. The molecule has 0 fully saturated rings. The van der Waals surface area contributed by atoms with Crippen molar-refractivity contribution in [2.45, 2.75) is 0 Å². The van der Waals surface area contributed by atoms with Gasteiger partial charge in [-0.05, 0) is 20.7 Å². The summed E-state index contributed by atoms with van der Waals surface area (Å²) in [4.78, 5) is 20.9. The second-order valence-corrected chi connectivity index (χ2v) is 5.00. The third kappa shape index (κ3) is 2.92. The van der Waals surface area contributed by atoms with Crippen molar-refractivity contribution in [3.05, 3.63) is 68.8 Å². The molecule has 0 aliphatic heterocycles. The largest absolute Gasteiger partial charge is 0.277 e.